The van der Waals surface area contributed by atoms with E-state index in [1.165, 1.54) is 0 Å². The van der Waals surface area contributed by atoms with Gasteiger partial charge in [0.05, 0.1) is 13.2 Å². The van der Waals surface area contributed by atoms with Crippen LogP contribution in [-0.4, -0.2) is 25.2 Å². The molecule has 0 N–H and O–H groups in total. The Labute approximate surface area is 170 Å². The number of ether oxygens (including phenoxy) is 3. The quantitative estimate of drug-likeness (QED) is 0.180. The third-order valence-electron chi connectivity index (χ3n) is 3.83. The van der Waals surface area contributed by atoms with Crippen molar-refractivity contribution in [2.45, 2.75) is 12.8 Å². The highest BCUT2D eigenvalue weighted by molar-refractivity contribution is 5.83. The van der Waals surface area contributed by atoms with Crippen molar-refractivity contribution in [3.8, 4) is 11.5 Å². The molecule has 0 bridgehead atoms. The lowest BCUT2D eigenvalue weighted by atomic mass is 10.1. The molecule has 0 aliphatic heterocycles. The van der Waals surface area contributed by atoms with Gasteiger partial charge in [-0.25, -0.2) is 9.59 Å². The number of carbonyl (C=O) groups excluding carboxylic acids is 2. The molecule has 0 aliphatic rings. The van der Waals surface area contributed by atoms with Gasteiger partial charge in [-0.15, -0.1) is 0 Å². The van der Waals surface area contributed by atoms with Crippen molar-refractivity contribution >= 4 is 24.1 Å². The van der Waals surface area contributed by atoms with Gasteiger partial charge in [-0.2, -0.15) is 0 Å². The van der Waals surface area contributed by atoms with Crippen LogP contribution in [0, 0.1) is 0 Å². The summed E-state index contributed by atoms with van der Waals surface area (Å²) in [5.74, 6) is 0.388. The molecule has 0 aromatic heterocycles. The number of hydrogen-bond donors (Lipinski definition) is 0. The summed E-state index contributed by atoms with van der Waals surface area (Å²) in [6.07, 6.45) is 7.78. The summed E-state index contributed by atoms with van der Waals surface area (Å²) in [6.45, 7) is 7.64. The van der Waals surface area contributed by atoms with E-state index in [9.17, 15) is 9.59 Å². The zero-order valence-corrected chi connectivity index (χ0v) is 16.2. The van der Waals surface area contributed by atoms with E-state index in [0.717, 1.165) is 41.9 Å². The van der Waals surface area contributed by atoms with Crippen molar-refractivity contribution in [2.75, 3.05) is 13.2 Å². The molecule has 0 amide bonds. The molecule has 0 saturated heterocycles. The van der Waals surface area contributed by atoms with Gasteiger partial charge in [0, 0.05) is 12.2 Å². The molecule has 5 nitrogen and oxygen atoms in total. The van der Waals surface area contributed by atoms with Gasteiger partial charge in [-0.1, -0.05) is 49.6 Å². The maximum atomic E-state index is 11.2. The summed E-state index contributed by atoms with van der Waals surface area (Å²) in [5, 5.41) is 0. The lowest BCUT2D eigenvalue weighted by molar-refractivity contribution is -0.137. The number of hydrogen-bond acceptors (Lipinski definition) is 5. The fourth-order valence-corrected chi connectivity index (χ4v) is 2.30. The van der Waals surface area contributed by atoms with Crippen molar-refractivity contribution < 1.29 is 23.8 Å². The number of carbonyl (C=O) groups is 2. The van der Waals surface area contributed by atoms with Crippen molar-refractivity contribution in [3.63, 3.8) is 0 Å². The predicted octanol–water partition coefficient (Wildman–Crippen LogP) is 4.84. The molecular formula is C24H24O5. The number of rotatable bonds is 11. The second-order valence-electron chi connectivity index (χ2n) is 6.02. The highest BCUT2D eigenvalue weighted by Crippen LogP contribution is 2.17. The maximum Gasteiger partial charge on any atom is 0.335 e. The molecule has 0 heterocycles. The second kappa shape index (κ2) is 12.0. The summed E-state index contributed by atoms with van der Waals surface area (Å²) >= 11 is 0. The largest absolute Gasteiger partial charge is 0.494 e. The van der Waals surface area contributed by atoms with Gasteiger partial charge >= 0.3 is 11.9 Å². The normalized spacial score (nSPS) is 10.3. The smallest absolute Gasteiger partial charge is 0.335 e. The molecule has 2 rings (SSSR count). The van der Waals surface area contributed by atoms with Crippen LogP contribution in [0.3, 0.4) is 0 Å². The van der Waals surface area contributed by atoms with Gasteiger partial charge in [0.1, 0.15) is 11.5 Å². The monoisotopic (exact) mass is 392 g/mol. The summed E-state index contributed by atoms with van der Waals surface area (Å²) in [5.41, 5.74) is 2.02. The van der Waals surface area contributed by atoms with Crippen LogP contribution in [0.5, 0.6) is 11.5 Å². The predicted molar refractivity (Wildman–Crippen MR) is 114 cm³/mol. The van der Waals surface area contributed by atoms with Crippen LogP contribution in [0.4, 0.5) is 0 Å². The zero-order chi connectivity index (χ0) is 20.9. The topological polar surface area (TPSA) is 61.8 Å². The van der Waals surface area contributed by atoms with Crippen molar-refractivity contribution in [2.24, 2.45) is 0 Å². The molecule has 150 valence electrons. The molecule has 0 aliphatic carbocycles. The number of benzene rings is 2. The van der Waals surface area contributed by atoms with E-state index in [1.807, 2.05) is 48.6 Å². The minimum atomic E-state index is -0.480. The maximum absolute atomic E-state index is 11.2. The Hall–Kier alpha value is -3.60. The number of unbranched alkanes of at least 4 members (excludes halogenated alkanes) is 1. The highest BCUT2D eigenvalue weighted by Gasteiger charge is 1.99. The lowest BCUT2D eigenvalue weighted by Crippen LogP contribution is -2.04. The van der Waals surface area contributed by atoms with Crippen molar-refractivity contribution in [1.82, 2.24) is 0 Å². The first kappa shape index (κ1) is 21.7. The molecule has 0 unspecified atom stereocenters. The zero-order valence-electron chi connectivity index (χ0n) is 16.2. The molecule has 0 spiro atoms. The average molecular weight is 392 g/mol. The first-order chi connectivity index (χ1) is 14.1. The van der Waals surface area contributed by atoms with E-state index in [4.69, 9.17) is 14.2 Å². The van der Waals surface area contributed by atoms with E-state index < -0.39 is 11.9 Å². The van der Waals surface area contributed by atoms with Crippen LogP contribution >= 0.6 is 0 Å². The summed E-state index contributed by atoms with van der Waals surface area (Å²) < 4.78 is 15.6. The van der Waals surface area contributed by atoms with Crippen LogP contribution in [-0.2, 0) is 14.3 Å². The molecule has 2 aromatic carbocycles. The molecule has 29 heavy (non-hydrogen) atoms. The Morgan fingerprint density at radius 1 is 0.724 bits per heavy atom. The third kappa shape index (κ3) is 8.30. The Kier molecular flexibility index (Phi) is 8.96. The fraction of sp³-hybridized carbons (Fsp3) is 0.167. The van der Waals surface area contributed by atoms with Crippen LogP contribution < -0.4 is 9.47 Å². The summed E-state index contributed by atoms with van der Waals surface area (Å²) in [7, 11) is 0. The van der Waals surface area contributed by atoms with Crippen molar-refractivity contribution in [3.05, 3.63) is 85.0 Å². The standard InChI is InChI=1S/C24H24O5/c1-3-23(25)28-18-6-5-17-27-21-13-9-19(10-14-21)7-8-20-11-15-22(16-12-20)29-24(26)4-2/h3-4,7-16H,1-2,5-6,17-18H2. The molecule has 0 saturated carbocycles. The highest BCUT2D eigenvalue weighted by atomic mass is 16.5. The Morgan fingerprint density at radius 2 is 1.24 bits per heavy atom. The van der Waals surface area contributed by atoms with Gasteiger partial charge in [-0.3, -0.25) is 0 Å². The Balaban J connectivity index is 1.75. The van der Waals surface area contributed by atoms with Gasteiger partial charge in [-0.05, 0) is 48.2 Å². The molecule has 0 atom stereocenters. The second-order valence-corrected chi connectivity index (χ2v) is 6.02. The summed E-state index contributed by atoms with van der Waals surface area (Å²) in [4.78, 5) is 22.1. The molecule has 5 heteroatoms. The fourth-order valence-electron chi connectivity index (χ4n) is 2.30. The molecule has 0 fully saturated rings. The molecular weight excluding hydrogens is 368 g/mol. The van der Waals surface area contributed by atoms with Gasteiger partial charge < -0.3 is 14.2 Å². The third-order valence-corrected chi connectivity index (χ3v) is 3.83. The van der Waals surface area contributed by atoms with Crippen LogP contribution in [0.15, 0.2) is 73.8 Å². The van der Waals surface area contributed by atoms with E-state index in [0.29, 0.717) is 19.0 Å². The summed E-state index contributed by atoms with van der Waals surface area (Å²) in [6, 6.07) is 15.0. The van der Waals surface area contributed by atoms with E-state index in [1.54, 1.807) is 12.1 Å². The molecule has 0 radical (unpaired) electrons. The SMILES string of the molecule is C=CC(=O)OCCCCOc1ccc(C=Cc2ccc(OC(=O)C=C)cc2)cc1. The van der Waals surface area contributed by atoms with E-state index in [2.05, 4.69) is 13.2 Å². The van der Waals surface area contributed by atoms with Crippen LogP contribution in [0.25, 0.3) is 12.2 Å². The van der Waals surface area contributed by atoms with Gasteiger partial charge in [0.2, 0.25) is 0 Å². The van der Waals surface area contributed by atoms with Crippen LogP contribution in [0.2, 0.25) is 0 Å². The Morgan fingerprint density at radius 3 is 1.79 bits per heavy atom. The molecule has 2 aromatic rings. The van der Waals surface area contributed by atoms with Gasteiger partial charge in [0.15, 0.2) is 0 Å². The first-order valence-electron chi connectivity index (χ1n) is 9.25. The van der Waals surface area contributed by atoms with E-state index in [-0.39, 0.29) is 0 Å². The number of esters is 2. The lowest BCUT2D eigenvalue weighted by Gasteiger charge is -2.06. The minimum absolute atomic E-state index is 0.371. The first-order valence-corrected chi connectivity index (χ1v) is 9.25. The van der Waals surface area contributed by atoms with Crippen LogP contribution in [0.1, 0.15) is 24.0 Å². The van der Waals surface area contributed by atoms with E-state index >= 15 is 0 Å². The average Bonchev–Trinajstić information content (AvgIpc) is 2.76. The Bertz CT molecular complexity index is 848. The van der Waals surface area contributed by atoms with Gasteiger partial charge in [0.25, 0.3) is 0 Å². The minimum Gasteiger partial charge on any atom is -0.494 e. The van der Waals surface area contributed by atoms with Crippen molar-refractivity contribution in [1.29, 1.82) is 0 Å².